The lowest BCUT2D eigenvalue weighted by atomic mass is 10.1. The first-order valence-corrected chi connectivity index (χ1v) is 11.5. The third-order valence-corrected chi connectivity index (χ3v) is 6.10. The summed E-state index contributed by atoms with van der Waals surface area (Å²) in [6.45, 7) is 13.1. The molecule has 0 radical (unpaired) electrons. The number of carbonyl (C=O) groups is 2. The van der Waals surface area contributed by atoms with Gasteiger partial charge in [-0.2, -0.15) is 0 Å². The number of piperidine rings is 1. The largest absolute Gasteiger partial charge is 0.378 e. The Hall–Kier alpha value is -1.86. The van der Waals surface area contributed by atoms with E-state index >= 15 is 0 Å². The van der Waals surface area contributed by atoms with E-state index in [1.165, 1.54) is 0 Å². The summed E-state index contributed by atoms with van der Waals surface area (Å²) >= 11 is 0. The molecule has 0 aromatic carbocycles. The minimum absolute atomic E-state index is 0.0591. The van der Waals surface area contributed by atoms with Crippen LogP contribution in [-0.2, 0) is 16.1 Å². The van der Waals surface area contributed by atoms with Crippen LogP contribution in [-0.4, -0.2) is 77.2 Å². The van der Waals surface area contributed by atoms with Crippen LogP contribution in [0.4, 0.5) is 0 Å². The number of hydrogen-bond donors (Lipinski definition) is 1. The molecule has 2 amide bonds. The molecule has 1 N–H and O–H groups in total. The lowest BCUT2D eigenvalue weighted by Crippen LogP contribution is -2.56. The Morgan fingerprint density at radius 2 is 1.97 bits per heavy atom. The van der Waals surface area contributed by atoms with Crippen LogP contribution in [0.5, 0.6) is 0 Å². The maximum atomic E-state index is 12.9. The second-order valence-electron chi connectivity index (χ2n) is 9.26. The summed E-state index contributed by atoms with van der Waals surface area (Å²) in [5, 5.41) is 3.02. The van der Waals surface area contributed by atoms with Gasteiger partial charge in [-0.25, -0.2) is 0 Å². The molecule has 2 aliphatic rings. The maximum absolute atomic E-state index is 12.9. The van der Waals surface area contributed by atoms with Crippen molar-refractivity contribution in [1.29, 1.82) is 0 Å². The van der Waals surface area contributed by atoms with Crippen molar-refractivity contribution in [2.24, 2.45) is 5.92 Å². The van der Waals surface area contributed by atoms with Crippen molar-refractivity contribution < 1.29 is 14.3 Å². The zero-order valence-corrected chi connectivity index (χ0v) is 19.0. The van der Waals surface area contributed by atoms with E-state index in [-0.39, 0.29) is 11.8 Å². The van der Waals surface area contributed by atoms with Crippen LogP contribution in [0.2, 0.25) is 0 Å². The van der Waals surface area contributed by atoms with Gasteiger partial charge in [0.25, 0.3) is 5.91 Å². The fourth-order valence-corrected chi connectivity index (χ4v) is 4.38. The van der Waals surface area contributed by atoms with Crippen LogP contribution < -0.4 is 5.32 Å². The number of nitrogens with zero attached hydrogens (tertiary/aromatic N) is 3. The van der Waals surface area contributed by atoms with Gasteiger partial charge in [-0.3, -0.25) is 9.59 Å². The highest BCUT2D eigenvalue weighted by Gasteiger charge is 2.36. The molecule has 1 aromatic heterocycles. The standard InChI is InChI=1S/C23H38N4O3/c1-17(2)15-27-21(16-26-11-5-7-20(26)23(27)29)22(28)24-10-6-14-30-19-8-12-25(13-9-19)18(3)4/h5,7,11,17-19,21H,6,8-10,12-16H2,1-4H3,(H,24,28). The number of likely N-dealkylation sites (tertiary alicyclic amines) is 1. The molecule has 3 rings (SSSR count). The first-order valence-electron chi connectivity index (χ1n) is 11.5. The van der Waals surface area contributed by atoms with Gasteiger partial charge in [0, 0.05) is 45.0 Å². The molecular formula is C23H38N4O3. The van der Waals surface area contributed by atoms with E-state index in [4.69, 9.17) is 4.74 Å². The smallest absolute Gasteiger partial charge is 0.271 e. The minimum Gasteiger partial charge on any atom is -0.378 e. The second-order valence-corrected chi connectivity index (χ2v) is 9.26. The number of aromatic nitrogens is 1. The maximum Gasteiger partial charge on any atom is 0.271 e. The molecule has 0 spiro atoms. The molecule has 1 unspecified atom stereocenters. The number of rotatable bonds is 9. The summed E-state index contributed by atoms with van der Waals surface area (Å²) in [6, 6.07) is 3.84. The molecule has 1 aromatic rings. The summed E-state index contributed by atoms with van der Waals surface area (Å²) in [6.07, 6.45) is 5.16. The fraction of sp³-hybridized carbons (Fsp3) is 0.739. The van der Waals surface area contributed by atoms with Gasteiger partial charge in [0.2, 0.25) is 5.91 Å². The third-order valence-electron chi connectivity index (χ3n) is 6.10. The van der Waals surface area contributed by atoms with Crippen LogP contribution in [0.15, 0.2) is 18.3 Å². The lowest BCUT2D eigenvalue weighted by Gasteiger charge is -2.36. The van der Waals surface area contributed by atoms with E-state index in [9.17, 15) is 9.59 Å². The SMILES string of the molecule is CC(C)CN1C(=O)c2cccn2CC1C(=O)NCCCOC1CCN(C(C)C)CC1. The van der Waals surface area contributed by atoms with E-state index < -0.39 is 6.04 Å². The second kappa shape index (κ2) is 10.4. The molecule has 1 fully saturated rings. The van der Waals surface area contributed by atoms with Crippen molar-refractivity contribution in [2.75, 3.05) is 32.8 Å². The highest BCUT2D eigenvalue weighted by Crippen LogP contribution is 2.20. The Kier molecular flexibility index (Phi) is 7.94. The molecule has 0 saturated carbocycles. The van der Waals surface area contributed by atoms with Crippen molar-refractivity contribution in [1.82, 2.24) is 19.7 Å². The van der Waals surface area contributed by atoms with Crippen LogP contribution >= 0.6 is 0 Å². The first-order chi connectivity index (χ1) is 14.4. The Bertz CT molecular complexity index is 707. The monoisotopic (exact) mass is 418 g/mol. The van der Waals surface area contributed by atoms with Gasteiger partial charge >= 0.3 is 0 Å². The lowest BCUT2D eigenvalue weighted by molar-refractivity contribution is -0.126. The average molecular weight is 419 g/mol. The highest BCUT2D eigenvalue weighted by atomic mass is 16.5. The van der Waals surface area contributed by atoms with Gasteiger partial charge in [0.15, 0.2) is 0 Å². The number of amides is 2. The van der Waals surface area contributed by atoms with E-state index in [1.807, 2.05) is 22.9 Å². The van der Waals surface area contributed by atoms with Gasteiger partial charge in [-0.1, -0.05) is 13.8 Å². The van der Waals surface area contributed by atoms with Gasteiger partial charge < -0.3 is 24.4 Å². The van der Waals surface area contributed by atoms with Gasteiger partial charge in [-0.05, 0) is 51.2 Å². The molecular weight excluding hydrogens is 380 g/mol. The van der Waals surface area contributed by atoms with Crippen LogP contribution in [0.1, 0.15) is 57.4 Å². The Morgan fingerprint density at radius 3 is 2.63 bits per heavy atom. The van der Waals surface area contributed by atoms with E-state index in [0.717, 1.165) is 32.4 Å². The topological polar surface area (TPSA) is 66.8 Å². The number of fused-ring (bicyclic) bond motifs is 1. The van der Waals surface area contributed by atoms with Crippen LogP contribution in [0.25, 0.3) is 0 Å². The molecule has 1 saturated heterocycles. The third kappa shape index (κ3) is 5.64. The van der Waals surface area contributed by atoms with Crippen LogP contribution in [0, 0.1) is 5.92 Å². The summed E-state index contributed by atoms with van der Waals surface area (Å²) in [7, 11) is 0. The number of nitrogens with one attached hydrogen (secondary N) is 1. The number of hydrogen-bond acceptors (Lipinski definition) is 4. The number of carbonyl (C=O) groups excluding carboxylic acids is 2. The van der Waals surface area contributed by atoms with Crippen molar-refractivity contribution in [3.8, 4) is 0 Å². The molecule has 7 heteroatoms. The van der Waals surface area contributed by atoms with E-state index in [0.29, 0.717) is 50.0 Å². The Balaban J connectivity index is 1.42. The van der Waals surface area contributed by atoms with E-state index in [1.54, 1.807) is 4.90 Å². The Labute approximate surface area is 180 Å². The zero-order chi connectivity index (χ0) is 21.7. The summed E-state index contributed by atoms with van der Waals surface area (Å²) < 4.78 is 7.90. The quantitative estimate of drug-likeness (QED) is 0.625. The van der Waals surface area contributed by atoms with E-state index in [2.05, 4.69) is 37.9 Å². The summed E-state index contributed by atoms with van der Waals surface area (Å²) in [4.78, 5) is 29.9. The number of ether oxygens (including phenoxy) is 1. The molecule has 168 valence electrons. The Morgan fingerprint density at radius 1 is 1.23 bits per heavy atom. The molecule has 3 heterocycles. The normalized spacial score (nSPS) is 20.8. The minimum atomic E-state index is -0.457. The van der Waals surface area contributed by atoms with Crippen molar-refractivity contribution in [3.05, 3.63) is 24.0 Å². The van der Waals surface area contributed by atoms with Crippen molar-refractivity contribution >= 4 is 11.8 Å². The van der Waals surface area contributed by atoms with Crippen molar-refractivity contribution in [3.63, 3.8) is 0 Å². The molecule has 1 atom stereocenters. The zero-order valence-electron chi connectivity index (χ0n) is 19.0. The predicted octanol–water partition coefficient (Wildman–Crippen LogP) is 2.36. The predicted molar refractivity (Wildman–Crippen MR) is 117 cm³/mol. The van der Waals surface area contributed by atoms with Gasteiger partial charge in [0.05, 0.1) is 12.6 Å². The average Bonchev–Trinajstić information content (AvgIpc) is 3.18. The molecule has 7 nitrogen and oxygen atoms in total. The molecule has 2 aliphatic heterocycles. The fourth-order valence-electron chi connectivity index (χ4n) is 4.38. The highest BCUT2D eigenvalue weighted by molar-refractivity contribution is 5.97. The van der Waals surface area contributed by atoms with Gasteiger partial charge in [-0.15, -0.1) is 0 Å². The van der Waals surface area contributed by atoms with Gasteiger partial charge in [0.1, 0.15) is 11.7 Å². The molecule has 0 aliphatic carbocycles. The molecule has 0 bridgehead atoms. The van der Waals surface area contributed by atoms with Crippen molar-refractivity contribution in [2.45, 2.75) is 71.7 Å². The summed E-state index contributed by atoms with van der Waals surface area (Å²) in [5.74, 6) is 0.172. The molecule has 30 heavy (non-hydrogen) atoms. The summed E-state index contributed by atoms with van der Waals surface area (Å²) in [5.41, 5.74) is 0.664. The van der Waals surface area contributed by atoms with Crippen LogP contribution in [0.3, 0.4) is 0 Å². The first kappa shape index (κ1) is 22.8.